The fourth-order valence-corrected chi connectivity index (χ4v) is 4.49. The maximum absolute atomic E-state index is 13.0. The number of rotatable bonds is 6. The summed E-state index contributed by atoms with van der Waals surface area (Å²) in [6.45, 7) is 5.16. The number of amides is 1. The van der Waals surface area contributed by atoms with E-state index in [0.717, 1.165) is 43.6 Å². The van der Waals surface area contributed by atoms with Gasteiger partial charge in [0.05, 0.1) is 6.04 Å². The quantitative estimate of drug-likeness (QED) is 0.742. The third kappa shape index (κ3) is 4.83. The minimum Gasteiger partial charge on any atom is -0.348 e. The summed E-state index contributed by atoms with van der Waals surface area (Å²) in [5.74, 6) is 0.624. The first-order chi connectivity index (χ1) is 13.6. The average Bonchev–Trinajstić information content (AvgIpc) is 3.51. The second kappa shape index (κ2) is 8.76. The van der Waals surface area contributed by atoms with Crippen molar-refractivity contribution in [2.75, 3.05) is 39.8 Å². The van der Waals surface area contributed by atoms with Crippen molar-refractivity contribution in [2.45, 2.75) is 18.4 Å². The molecule has 1 heterocycles. The largest absolute Gasteiger partial charge is 0.348 e. The van der Waals surface area contributed by atoms with Crippen LogP contribution < -0.4 is 5.32 Å². The van der Waals surface area contributed by atoms with Gasteiger partial charge < -0.3 is 10.2 Å². The Balaban J connectivity index is 1.41. The van der Waals surface area contributed by atoms with Crippen LogP contribution in [0.5, 0.6) is 0 Å². The van der Waals surface area contributed by atoms with Crippen LogP contribution in [-0.2, 0) is 4.79 Å². The van der Waals surface area contributed by atoms with E-state index in [1.807, 2.05) is 18.2 Å². The molecular formula is C23H28BrN3O. The van der Waals surface area contributed by atoms with Gasteiger partial charge in [0, 0.05) is 43.1 Å². The molecule has 3 atom stereocenters. The van der Waals surface area contributed by atoms with Crippen molar-refractivity contribution in [1.29, 1.82) is 0 Å². The number of likely N-dealkylation sites (N-methyl/N-ethyl adjacent to an activating group) is 1. The van der Waals surface area contributed by atoms with E-state index in [1.54, 1.807) is 0 Å². The van der Waals surface area contributed by atoms with Crippen molar-refractivity contribution >= 4 is 21.8 Å². The molecule has 0 aromatic heterocycles. The van der Waals surface area contributed by atoms with E-state index in [0.29, 0.717) is 5.92 Å². The predicted octanol–water partition coefficient (Wildman–Crippen LogP) is 3.66. The lowest BCUT2D eigenvalue weighted by molar-refractivity contribution is -0.123. The SMILES string of the molecule is CN1CCN(CC(NC(=O)C2CC2c2cccc(Br)c2)c2ccccc2)CC1. The minimum atomic E-state index is 0.0425. The summed E-state index contributed by atoms with van der Waals surface area (Å²) >= 11 is 3.54. The summed E-state index contributed by atoms with van der Waals surface area (Å²) in [5, 5.41) is 3.36. The van der Waals surface area contributed by atoms with E-state index in [2.05, 4.69) is 74.5 Å². The van der Waals surface area contributed by atoms with Gasteiger partial charge >= 0.3 is 0 Å². The van der Waals surface area contributed by atoms with Crippen LogP contribution >= 0.6 is 15.9 Å². The normalized spacial score (nSPS) is 23.9. The number of hydrogen-bond donors (Lipinski definition) is 1. The highest BCUT2D eigenvalue weighted by molar-refractivity contribution is 9.10. The highest BCUT2D eigenvalue weighted by atomic mass is 79.9. The molecule has 0 radical (unpaired) electrons. The first kappa shape index (κ1) is 19.6. The van der Waals surface area contributed by atoms with Crippen LogP contribution in [-0.4, -0.2) is 55.5 Å². The van der Waals surface area contributed by atoms with Crippen molar-refractivity contribution in [3.8, 4) is 0 Å². The molecule has 148 valence electrons. The summed E-state index contributed by atoms with van der Waals surface area (Å²) in [7, 11) is 2.17. The van der Waals surface area contributed by atoms with Crippen LogP contribution in [0.15, 0.2) is 59.1 Å². The average molecular weight is 442 g/mol. The molecule has 4 nitrogen and oxygen atoms in total. The van der Waals surface area contributed by atoms with Gasteiger partial charge in [-0.05, 0) is 42.6 Å². The third-order valence-electron chi connectivity index (χ3n) is 5.96. The predicted molar refractivity (Wildman–Crippen MR) is 116 cm³/mol. The molecule has 2 aromatic carbocycles. The summed E-state index contributed by atoms with van der Waals surface area (Å²) in [4.78, 5) is 17.8. The van der Waals surface area contributed by atoms with E-state index in [-0.39, 0.29) is 17.9 Å². The summed E-state index contributed by atoms with van der Waals surface area (Å²) in [6, 6.07) is 18.8. The van der Waals surface area contributed by atoms with Crippen LogP contribution in [0.4, 0.5) is 0 Å². The van der Waals surface area contributed by atoms with Gasteiger partial charge in [-0.15, -0.1) is 0 Å². The molecule has 0 bridgehead atoms. The monoisotopic (exact) mass is 441 g/mol. The fraction of sp³-hybridized carbons (Fsp3) is 0.435. The van der Waals surface area contributed by atoms with E-state index in [1.165, 1.54) is 11.1 Å². The molecule has 3 unspecified atom stereocenters. The van der Waals surface area contributed by atoms with Gasteiger partial charge in [0.1, 0.15) is 0 Å². The smallest absolute Gasteiger partial charge is 0.224 e. The molecule has 5 heteroatoms. The zero-order chi connectivity index (χ0) is 19.5. The Morgan fingerprint density at radius 2 is 1.86 bits per heavy atom. The molecule has 0 spiro atoms. The standard InChI is InChI=1S/C23H28BrN3O/c1-26-10-12-27(13-11-26)16-22(17-6-3-2-4-7-17)25-23(28)21-15-20(21)18-8-5-9-19(24)14-18/h2-9,14,20-22H,10-13,15-16H2,1H3,(H,25,28). The highest BCUT2D eigenvalue weighted by Gasteiger charge is 2.44. The minimum absolute atomic E-state index is 0.0425. The van der Waals surface area contributed by atoms with E-state index in [9.17, 15) is 4.79 Å². The number of hydrogen-bond acceptors (Lipinski definition) is 3. The second-order valence-electron chi connectivity index (χ2n) is 8.08. The number of halogens is 1. The van der Waals surface area contributed by atoms with Crippen molar-refractivity contribution in [3.05, 3.63) is 70.2 Å². The molecule has 1 amide bonds. The molecule has 1 aliphatic carbocycles. The van der Waals surface area contributed by atoms with Gasteiger partial charge in [0.15, 0.2) is 0 Å². The Hall–Kier alpha value is -1.69. The Kier molecular flexibility index (Phi) is 6.14. The Morgan fingerprint density at radius 3 is 2.57 bits per heavy atom. The van der Waals surface area contributed by atoms with Crippen molar-refractivity contribution in [3.63, 3.8) is 0 Å². The van der Waals surface area contributed by atoms with Crippen molar-refractivity contribution < 1.29 is 4.79 Å². The first-order valence-electron chi connectivity index (χ1n) is 10.1. The second-order valence-corrected chi connectivity index (χ2v) is 9.00. The van der Waals surface area contributed by atoms with Gasteiger partial charge in [0.25, 0.3) is 0 Å². The number of nitrogens with zero attached hydrogens (tertiary/aromatic N) is 2. The lowest BCUT2D eigenvalue weighted by Crippen LogP contribution is -2.48. The number of piperazine rings is 1. The molecule has 28 heavy (non-hydrogen) atoms. The Labute approximate surface area is 176 Å². The van der Waals surface area contributed by atoms with Crippen LogP contribution in [0, 0.1) is 5.92 Å². The zero-order valence-electron chi connectivity index (χ0n) is 16.4. The third-order valence-corrected chi connectivity index (χ3v) is 6.45. The maximum Gasteiger partial charge on any atom is 0.224 e. The van der Waals surface area contributed by atoms with Crippen LogP contribution in [0.1, 0.15) is 29.5 Å². The van der Waals surface area contributed by atoms with E-state index >= 15 is 0 Å². The summed E-state index contributed by atoms with van der Waals surface area (Å²) < 4.78 is 1.08. The number of carbonyl (C=O) groups excluding carboxylic acids is 1. The number of nitrogens with one attached hydrogen (secondary N) is 1. The molecular weight excluding hydrogens is 414 g/mol. The Morgan fingerprint density at radius 1 is 1.11 bits per heavy atom. The number of benzene rings is 2. The Bertz CT molecular complexity index is 805. The summed E-state index contributed by atoms with van der Waals surface area (Å²) in [6.07, 6.45) is 0.943. The van der Waals surface area contributed by atoms with Gasteiger partial charge in [0.2, 0.25) is 5.91 Å². The molecule has 4 rings (SSSR count). The van der Waals surface area contributed by atoms with Gasteiger partial charge in [-0.1, -0.05) is 58.4 Å². The topological polar surface area (TPSA) is 35.6 Å². The van der Waals surface area contributed by atoms with Crippen molar-refractivity contribution in [2.24, 2.45) is 5.92 Å². The van der Waals surface area contributed by atoms with Crippen LogP contribution in [0.25, 0.3) is 0 Å². The first-order valence-corrected chi connectivity index (χ1v) is 10.9. The molecule has 1 aliphatic heterocycles. The summed E-state index contributed by atoms with van der Waals surface area (Å²) in [5.41, 5.74) is 2.44. The number of carbonyl (C=O) groups is 1. The van der Waals surface area contributed by atoms with Crippen LogP contribution in [0.2, 0.25) is 0 Å². The van der Waals surface area contributed by atoms with E-state index in [4.69, 9.17) is 0 Å². The maximum atomic E-state index is 13.0. The van der Waals surface area contributed by atoms with Gasteiger partial charge in [-0.25, -0.2) is 0 Å². The van der Waals surface area contributed by atoms with E-state index < -0.39 is 0 Å². The van der Waals surface area contributed by atoms with Gasteiger partial charge in [-0.3, -0.25) is 9.69 Å². The fourth-order valence-electron chi connectivity index (χ4n) is 4.08. The highest BCUT2D eigenvalue weighted by Crippen LogP contribution is 2.48. The molecule has 2 aliphatic rings. The lowest BCUT2D eigenvalue weighted by atomic mass is 10.0. The van der Waals surface area contributed by atoms with Crippen LogP contribution in [0.3, 0.4) is 0 Å². The molecule has 1 saturated carbocycles. The van der Waals surface area contributed by atoms with Gasteiger partial charge in [-0.2, -0.15) is 0 Å². The molecule has 2 fully saturated rings. The lowest BCUT2D eigenvalue weighted by Gasteiger charge is -2.35. The molecule has 2 aromatic rings. The molecule has 1 N–H and O–H groups in total. The van der Waals surface area contributed by atoms with Crippen molar-refractivity contribution in [1.82, 2.24) is 15.1 Å². The molecule has 1 saturated heterocycles. The zero-order valence-corrected chi connectivity index (χ0v) is 17.9.